The molecule has 1 aromatic heterocycles. The van der Waals surface area contributed by atoms with E-state index in [1.54, 1.807) is 5.57 Å². The van der Waals surface area contributed by atoms with Crippen LogP contribution in [0.1, 0.15) is 97.0 Å². The van der Waals surface area contributed by atoms with Gasteiger partial charge in [-0.05, 0) is 90.7 Å². The second-order valence-corrected chi connectivity index (χ2v) is 12.1. The van der Waals surface area contributed by atoms with Gasteiger partial charge in [0.05, 0.1) is 0 Å². The van der Waals surface area contributed by atoms with Gasteiger partial charge in [0, 0.05) is 25.4 Å². The minimum atomic E-state index is -0.224. The highest BCUT2D eigenvalue weighted by Gasteiger charge is 2.57. The third-order valence-corrected chi connectivity index (χ3v) is 10.2. The number of rotatable bonds is 7. The van der Waals surface area contributed by atoms with E-state index in [0.717, 1.165) is 50.0 Å². The lowest BCUT2D eigenvalue weighted by Gasteiger charge is -2.57. The Labute approximate surface area is 212 Å². The number of hydrogen-bond donors (Lipinski definition) is 1. The number of ether oxygens (including phenoxy) is 1. The molecule has 6 atom stereocenters. The molecular formula is C31H44N2O2. The van der Waals surface area contributed by atoms with Crippen molar-refractivity contribution in [3.63, 3.8) is 0 Å². The summed E-state index contributed by atoms with van der Waals surface area (Å²) in [6, 6.07) is 4.31. The molecule has 35 heavy (non-hydrogen) atoms. The Bertz CT molecular complexity index is 969. The van der Waals surface area contributed by atoms with Gasteiger partial charge in [0.1, 0.15) is 6.10 Å². The first-order valence-corrected chi connectivity index (χ1v) is 14.2. The Morgan fingerprint density at radius 3 is 2.74 bits per heavy atom. The van der Waals surface area contributed by atoms with Gasteiger partial charge >= 0.3 is 6.09 Å². The molecule has 0 aliphatic heterocycles. The van der Waals surface area contributed by atoms with E-state index in [1.807, 2.05) is 12.4 Å². The number of hydrogen-bond acceptors (Lipinski definition) is 3. The fourth-order valence-electron chi connectivity index (χ4n) is 8.20. The van der Waals surface area contributed by atoms with Crippen molar-refractivity contribution < 1.29 is 9.53 Å². The summed E-state index contributed by atoms with van der Waals surface area (Å²) in [7, 11) is 0. The number of unbranched alkanes of at least 4 members (excludes halogenated alkanes) is 3. The standard InChI is InChI=1S/C31H44N2O2/c1-4-5-6-7-19-33-29(34)35-24-14-16-30(2)23(20-24)10-11-25-27-13-12-26(22-9-8-18-32-21-22)31(27,3)17-15-28(25)30/h8-10,12,18,21,24-25,27-28H,4-7,11,13-17,19-20H2,1-3H3,(H,33,34)/t24-,25-,27-,28-,30-,31+/m0/s1. The van der Waals surface area contributed by atoms with Gasteiger partial charge in [-0.2, -0.15) is 0 Å². The van der Waals surface area contributed by atoms with Crippen LogP contribution >= 0.6 is 0 Å². The van der Waals surface area contributed by atoms with Gasteiger partial charge in [0.15, 0.2) is 0 Å². The molecule has 0 aromatic carbocycles. The van der Waals surface area contributed by atoms with Crippen LogP contribution in [0.3, 0.4) is 0 Å². The molecular weight excluding hydrogens is 432 g/mol. The molecule has 1 N–H and O–H groups in total. The summed E-state index contributed by atoms with van der Waals surface area (Å²) >= 11 is 0. The van der Waals surface area contributed by atoms with E-state index < -0.39 is 0 Å². The van der Waals surface area contributed by atoms with E-state index in [1.165, 1.54) is 56.1 Å². The Balaban J connectivity index is 1.22. The maximum absolute atomic E-state index is 12.4. The maximum atomic E-state index is 12.4. The molecule has 4 nitrogen and oxygen atoms in total. The predicted molar refractivity (Wildman–Crippen MR) is 142 cm³/mol. The lowest BCUT2D eigenvalue weighted by Crippen LogP contribution is -2.50. The Hall–Kier alpha value is -2.10. The summed E-state index contributed by atoms with van der Waals surface area (Å²) in [4.78, 5) is 16.8. The molecule has 0 radical (unpaired) electrons. The molecule has 2 saturated carbocycles. The van der Waals surface area contributed by atoms with Gasteiger partial charge in [0.2, 0.25) is 0 Å². The van der Waals surface area contributed by atoms with Gasteiger partial charge in [-0.1, -0.05) is 63.8 Å². The van der Waals surface area contributed by atoms with Crippen molar-refractivity contribution in [2.24, 2.45) is 28.6 Å². The lowest BCUT2D eigenvalue weighted by atomic mass is 9.47. The number of allylic oxidation sites excluding steroid dienone is 3. The summed E-state index contributed by atoms with van der Waals surface area (Å²) < 4.78 is 5.87. The summed E-state index contributed by atoms with van der Waals surface area (Å²) in [5, 5.41) is 2.97. The molecule has 0 bridgehead atoms. The minimum Gasteiger partial charge on any atom is -0.446 e. The van der Waals surface area contributed by atoms with Crippen molar-refractivity contribution in [2.45, 2.75) is 97.5 Å². The molecule has 4 aliphatic rings. The van der Waals surface area contributed by atoms with Crippen LogP contribution in [0, 0.1) is 28.6 Å². The normalized spacial score (nSPS) is 35.7. The molecule has 190 valence electrons. The van der Waals surface area contributed by atoms with Crippen LogP contribution in [-0.2, 0) is 4.74 Å². The molecule has 0 unspecified atom stereocenters. The van der Waals surface area contributed by atoms with Crippen molar-refractivity contribution in [3.8, 4) is 0 Å². The number of amides is 1. The van der Waals surface area contributed by atoms with Crippen molar-refractivity contribution in [1.29, 1.82) is 0 Å². The van der Waals surface area contributed by atoms with Crippen molar-refractivity contribution in [3.05, 3.63) is 47.8 Å². The van der Waals surface area contributed by atoms with Gasteiger partial charge in [0.25, 0.3) is 0 Å². The van der Waals surface area contributed by atoms with Gasteiger partial charge in [-0.15, -0.1) is 0 Å². The summed E-state index contributed by atoms with van der Waals surface area (Å²) in [5.74, 6) is 2.21. The summed E-state index contributed by atoms with van der Waals surface area (Å²) in [5.41, 5.74) is 4.94. The van der Waals surface area contributed by atoms with Crippen LogP contribution in [0.4, 0.5) is 4.79 Å². The maximum Gasteiger partial charge on any atom is 0.407 e. The van der Waals surface area contributed by atoms with E-state index in [-0.39, 0.29) is 23.0 Å². The summed E-state index contributed by atoms with van der Waals surface area (Å²) in [6.07, 6.45) is 21.5. The fraction of sp³-hybridized carbons (Fsp3) is 0.677. The molecule has 2 fully saturated rings. The smallest absolute Gasteiger partial charge is 0.407 e. The zero-order chi connectivity index (χ0) is 24.5. The number of fused-ring (bicyclic) bond motifs is 5. The van der Waals surface area contributed by atoms with Crippen molar-refractivity contribution >= 4 is 11.7 Å². The molecule has 0 saturated heterocycles. The van der Waals surface area contributed by atoms with Crippen LogP contribution in [0.15, 0.2) is 42.3 Å². The number of nitrogens with zero attached hydrogens (tertiary/aromatic N) is 1. The first kappa shape index (κ1) is 24.6. The average molecular weight is 477 g/mol. The average Bonchev–Trinajstić information content (AvgIpc) is 3.22. The number of pyridine rings is 1. The number of alkyl carbamates (subject to hydrolysis) is 1. The van der Waals surface area contributed by atoms with Gasteiger partial charge in [-0.25, -0.2) is 4.79 Å². The zero-order valence-electron chi connectivity index (χ0n) is 22.0. The molecule has 1 aromatic rings. The number of carbonyl (C=O) groups is 1. The number of carbonyl (C=O) groups excluding carboxylic acids is 1. The quantitative estimate of drug-likeness (QED) is 0.324. The second kappa shape index (κ2) is 10.1. The molecule has 4 heteroatoms. The molecule has 5 rings (SSSR count). The molecule has 0 spiro atoms. The monoisotopic (exact) mass is 476 g/mol. The number of aromatic nitrogens is 1. The van der Waals surface area contributed by atoms with Crippen molar-refractivity contribution in [1.82, 2.24) is 10.3 Å². The Morgan fingerprint density at radius 2 is 1.94 bits per heavy atom. The topological polar surface area (TPSA) is 51.2 Å². The molecule has 4 aliphatic carbocycles. The first-order chi connectivity index (χ1) is 17.0. The first-order valence-electron chi connectivity index (χ1n) is 14.2. The third kappa shape index (κ3) is 4.58. The minimum absolute atomic E-state index is 0.0284. The fourth-order valence-corrected chi connectivity index (χ4v) is 8.20. The van der Waals surface area contributed by atoms with Crippen molar-refractivity contribution in [2.75, 3.05) is 6.54 Å². The van der Waals surface area contributed by atoms with Crippen LogP contribution < -0.4 is 5.32 Å². The Kier molecular flexibility index (Phi) is 7.10. The van der Waals surface area contributed by atoms with Gasteiger partial charge < -0.3 is 10.1 Å². The van der Waals surface area contributed by atoms with E-state index in [2.05, 4.69) is 55.4 Å². The highest BCUT2D eigenvalue weighted by molar-refractivity contribution is 5.72. The largest absolute Gasteiger partial charge is 0.446 e. The van der Waals surface area contributed by atoms with Crippen LogP contribution in [0.2, 0.25) is 0 Å². The van der Waals surface area contributed by atoms with E-state index in [4.69, 9.17) is 4.74 Å². The van der Waals surface area contributed by atoms with Crippen LogP contribution in [0.5, 0.6) is 0 Å². The van der Waals surface area contributed by atoms with E-state index in [0.29, 0.717) is 0 Å². The summed E-state index contributed by atoms with van der Waals surface area (Å²) in [6.45, 7) is 7.97. The lowest BCUT2D eigenvalue weighted by molar-refractivity contribution is -0.0262. The van der Waals surface area contributed by atoms with Crippen LogP contribution in [-0.4, -0.2) is 23.7 Å². The highest BCUT2D eigenvalue weighted by atomic mass is 16.6. The predicted octanol–water partition coefficient (Wildman–Crippen LogP) is 7.71. The third-order valence-electron chi connectivity index (χ3n) is 10.2. The Morgan fingerprint density at radius 1 is 1.09 bits per heavy atom. The van der Waals surface area contributed by atoms with Gasteiger partial charge in [-0.3, -0.25) is 4.98 Å². The zero-order valence-corrected chi connectivity index (χ0v) is 22.0. The number of nitrogens with one attached hydrogen (secondary N) is 1. The van der Waals surface area contributed by atoms with E-state index in [9.17, 15) is 4.79 Å². The molecule has 1 amide bonds. The highest BCUT2D eigenvalue weighted by Crippen LogP contribution is 2.66. The van der Waals surface area contributed by atoms with Crippen LogP contribution in [0.25, 0.3) is 5.57 Å². The second-order valence-electron chi connectivity index (χ2n) is 12.1. The molecule has 1 heterocycles. The SMILES string of the molecule is CCCCCCNC(=O)O[C@H]1CC[C@@]2(C)C(=CC[C@@H]3[C@@H]2CC[C@]2(C)C(c4cccnc4)=CC[C@@H]32)C1. The van der Waals surface area contributed by atoms with E-state index >= 15 is 0 Å².